The average Bonchev–Trinajstić information content (AvgIpc) is 3.24. The van der Waals surface area contributed by atoms with E-state index in [2.05, 4.69) is 5.10 Å². The summed E-state index contributed by atoms with van der Waals surface area (Å²) in [6, 6.07) is 9.51. The van der Waals surface area contributed by atoms with E-state index >= 15 is 0 Å². The first-order chi connectivity index (χ1) is 15.3. The largest absolute Gasteiger partial charge is 0.357 e. The Morgan fingerprint density at radius 2 is 1.84 bits per heavy atom. The van der Waals surface area contributed by atoms with Gasteiger partial charge in [0.1, 0.15) is 5.69 Å². The van der Waals surface area contributed by atoms with E-state index in [0.29, 0.717) is 12.0 Å². The van der Waals surface area contributed by atoms with Crippen LogP contribution in [0.3, 0.4) is 0 Å². The third-order valence-electron chi connectivity index (χ3n) is 4.97. The Balaban J connectivity index is 2.12. The van der Waals surface area contributed by atoms with Crippen LogP contribution in [-0.4, -0.2) is 23.8 Å². The number of benzene rings is 1. The van der Waals surface area contributed by atoms with E-state index in [1.165, 1.54) is 10.6 Å². The average molecular weight is 438 g/mol. The van der Waals surface area contributed by atoms with Gasteiger partial charge in [0, 0.05) is 24.8 Å². The highest BCUT2D eigenvalue weighted by atomic mass is 16.6. The van der Waals surface area contributed by atoms with Gasteiger partial charge >= 0.3 is 16.9 Å². The fourth-order valence-corrected chi connectivity index (χ4v) is 3.42. The molecule has 9 nitrogen and oxygen atoms in total. The molecule has 32 heavy (non-hydrogen) atoms. The fourth-order valence-electron chi connectivity index (χ4n) is 3.42. The van der Waals surface area contributed by atoms with Crippen LogP contribution in [0.4, 0.5) is 5.69 Å². The lowest BCUT2D eigenvalue weighted by Gasteiger charge is -2.15. The SMILES string of the molecule is CCCCn1c(C=Cc2cnn(-c3ccccc3)c2)c([N+](=O)[O-])c(=O)n(CC(C)C)c1=O. The van der Waals surface area contributed by atoms with Crippen LogP contribution in [0.2, 0.25) is 0 Å². The van der Waals surface area contributed by atoms with Gasteiger partial charge in [-0.1, -0.05) is 45.4 Å². The number of unbranched alkanes of at least 4 members (excludes halogenated alkanes) is 1. The highest BCUT2D eigenvalue weighted by Crippen LogP contribution is 2.17. The Morgan fingerprint density at radius 1 is 1.12 bits per heavy atom. The van der Waals surface area contributed by atoms with Crippen molar-refractivity contribution >= 4 is 17.8 Å². The molecule has 0 unspecified atom stereocenters. The van der Waals surface area contributed by atoms with Gasteiger partial charge in [-0.2, -0.15) is 5.10 Å². The molecule has 0 atom stereocenters. The van der Waals surface area contributed by atoms with Gasteiger partial charge in [-0.25, -0.2) is 9.48 Å². The summed E-state index contributed by atoms with van der Waals surface area (Å²) in [5.41, 5.74) is -0.430. The number of aromatic nitrogens is 4. The molecule has 2 aromatic heterocycles. The maximum absolute atomic E-state index is 13.1. The van der Waals surface area contributed by atoms with E-state index in [1.807, 2.05) is 51.1 Å². The summed E-state index contributed by atoms with van der Waals surface area (Å²) in [6.07, 6.45) is 7.93. The first-order valence-electron chi connectivity index (χ1n) is 10.6. The minimum absolute atomic E-state index is 0.00548. The molecule has 0 bridgehead atoms. The zero-order chi connectivity index (χ0) is 23.3. The number of hydrogen-bond acceptors (Lipinski definition) is 5. The number of hydrogen-bond donors (Lipinski definition) is 0. The van der Waals surface area contributed by atoms with Crippen LogP contribution >= 0.6 is 0 Å². The molecule has 0 aliphatic rings. The van der Waals surface area contributed by atoms with Crippen LogP contribution in [0.5, 0.6) is 0 Å². The number of nitro groups is 1. The smallest absolute Gasteiger partial charge is 0.287 e. The van der Waals surface area contributed by atoms with Crippen LogP contribution in [0.25, 0.3) is 17.8 Å². The second-order valence-electron chi connectivity index (χ2n) is 7.98. The molecule has 168 valence electrons. The molecule has 3 rings (SSSR count). The first-order valence-corrected chi connectivity index (χ1v) is 10.6. The van der Waals surface area contributed by atoms with Gasteiger partial charge in [-0.15, -0.1) is 0 Å². The quantitative estimate of drug-likeness (QED) is 0.375. The van der Waals surface area contributed by atoms with Crippen molar-refractivity contribution in [3.63, 3.8) is 0 Å². The summed E-state index contributed by atoms with van der Waals surface area (Å²) >= 11 is 0. The van der Waals surface area contributed by atoms with Gasteiger partial charge in [-0.05, 0) is 36.6 Å². The second-order valence-corrected chi connectivity index (χ2v) is 7.98. The summed E-state index contributed by atoms with van der Waals surface area (Å²) in [4.78, 5) is 37.1. The Labute approximate surface area is 185 Å². The summed E-state index contributed by atoms with van der Waals surface area (Å²) in [6.45, 7) is 6.09. The molecule has 0 aliphatic carbocycles. The zero-order valence-electron chi connectivity index (χ0n) is 18.5. The van der Waals surface area contributed by atoms with Crippen molar-refractivity contribution in [3.05, 3.63) is 84.9 Å². The fraction of sp³-hybridized carbons (Fsp3) is 0.348. The van der Waals surface area contributed by atoms with E-state index in [1.54, 1.807) is 23.2 Å². The lowest BCUT2D eigenvalue weighted by Crippen LogP contribution is -2.43. The van der Waals surface area contributed by atoms with E-state index in [-0.39, 0.29) is 24.7 Å². The van der Waals surface area contributed by atoms with Crippen molar-refractivity contribution in [2.45, 2.75) is 46.7 Å². The maximum Gasteiger partial charge on any atom is 0.357 e. The van der Waals surface area contributed by atoms with Crippen molar-refractivity contribution in [2.75, 3.05) is 0 Å². The van der Waals surface area contributed by atoms with Gasteiger partial charge in [0.2, 0.25) is 0 Å². The molecule has 1 aromatic carbocycles. The number of nitrogens with zero attached hydrogens (tertiary/aromatic N) is 5. The zero-order valence-corrected chi connectivity index (χ0v) is 18.5. The minimum atomic E-state index is -0.874. The van der Waals surface area contributed by atoms with Gasteiger partial charge in [-0.3, -0.25) is 24.0 Å². The van der Waals surface area contributed by atoms with Gasteiger partial charge in [0.15, 0.2) is 0 Å². The second kappa shape index (κ2) is 10.0. The summed E-state index contributed by atoms with van der Waals surface area (Å²) in [7, 11) is 0. The highest BCUT2D eigenvalue weighted by Gasteiger charge is 2.26. The Bertz CT molecular complexity index is 1240. The van der Waals surface area contributed by atoms with Crippen molar-refractivity contribution in [1.82, 2.24) is 18.9 Å². The highest BCUT2D eigenvalue weighted by molar-refractivity contribution is 5.71. The number of rotatable bonds is 9. The molecule has 0 saturated heterocycles. The van der Waals surface area contributed by atoms with Crippen LogP contribution in [0, 0.1) is 16.0 Å². The molecule has 2 heterocycles. The maximum atomic E-state index is 13.1. The Kier molecular flexibility index (Phi) is 7.19. The third-order valence-corrected chi connectivity index (χ3v) is 4.97. The molecule has 9 heteroatoms. The predicted molar refractivity (Wildman–Crippen MR) is 124 cm³/mol. The van der Waals surface area contributed by atoms with Gasteiger partial charge < -0.3 is 0 Å². The van der Waals surface area contributed by atoms with Gasteiger partial charge in [0.25, 0.3) is 0 Å². The minimum Gasteiger partial charge on any atom is -0.287 e. The van der Waals surface area contributed by atoms with E-state index in [4.69, 9.17) is 0 Å². The monoisotopic (exact) mass is 437 g/mol. The lowest BCUT2D eigenvalue weighted by atomic mass is 10.2. The number of para-hydroxylation sites is 1. The molecule has 0 radical (unpaired) electrons. The Hall–Kier alpha value is -3.75. The van der Waals surface area contributed by atoms with E-state index in [9.17, 15) is 19.7 Å². The van der Waals surface area contributed by atoms with Gasteiger partial charge in [0.05, 0.1) is 16.8 Å². The van der Waals surface area contributed by atoms with Crippen molar-refractivity contribution < 1.29 is 4.92 Å². The van der Waals surface area contributed by atoms with Crippen molar-refractivity contribution in [2.24, 2.45) is 5.92 Å². The topological polar surface area (TPSA) is 105 Å². The third kappa shape index (κ3) is 4.93. The molecule has 3 aromatic rings. The molecule has 0 saturated carbocycles. The van der Waals surface area contributed by atoms with Crippen molar-refractivity contribution in [3.8, 4) is 5.69 Å². The lowest BCUT2D eigenvalue weighted by molar-refractivity contribution is -0.387. The van der Waals surface area contributed by atoms with Crippen molar-refractivity contribution in [1.29, 1.82) is 0 Å². The Morgan fingerprint density at radius 3 is 2.47 bits per heavy atom. The molecule has 0 amide bonds. The summed E-state index contributed by atoms with van der Waals surface area (Å²) < 4.78 is 3.99. The van der Waals surface area contributed by atoms with Crippen LogP contribution in [0.15, 0.2) is 52.3 Å². The normalized spacial score (nSPS) is 11.5. The summed E-state index contributed by atoms with van der Waals surface area (Å²) in [5.74, 6) is -0.00940. The van der Waals surface area contributed by atoms with Crippen LogP contribution in [-0.2, 0) is 13.1 Å². The molecular weight excluding hydrogens is 410 g/mol. The molecule has 0 aliphatic heterocycles. The van der Waals surface area contributed by atoms with Crippen LogP contribution in [0.1, 0.15) is 44.9 Å². The standard InChI is InChI=1S/C23H27N5O4/c1-4-5-13-25-20(21(28(31)32)22(29)26(23(25)30)15-17(2)3)12-11-18-14-24-27(16-18)19-9-7-6-8-10-19/h6-12,14,16-17H,4-5,13,15H2,1-3H3. The first kappa shape index (κ1) is 22.9. The van der Waals surface area contributed by atoms with E-state index in [0.717, 1.165) is 16.7 Å². The van der Waals surface area contributed by atoms with E-state index < -0.39 is 21.9 Å². The molecule has 0 N–H and O–H groups in total. The molecular formula is C23H27N5O4. The molecule has 0 fully saturated rings. The molecule has 0 spiro atoms. The summed E-state index contributed by atoms with van der Waals surface area (Å²) in [5, 5.41) is 16.2. The van der Waals surface area contributed by atoms with Crippen LogP contribution < -0.4 is 11.2 Å². The predicted octanol–water partition coefficient (Wildman–Crippen LogP) is 3.73.